The molecule has 0 atom stereocenters. The van der Waals surface area contributed by atoms with Crippen molar-refractivity contribution in [3.63, 3.8) is 0 Å². The zero-order chi connectivity index (χ0) is 37.1. The van der Waals surface area contributed by atoms with Gasteiger partial charge in [0.1, 0.15) is 11.5 Å². The summed E-state index contributed by atoms with van der Waals surface area (Å²) in [5.41, 5.74) is 13.7. The van der Waals surface area contributed by atoms with Crippen LogP contribution in [0.2, 0.25) is 0 Å². The Morgan fingerprint density at radius 2 is 0.768 bits per heavy atom. The highest BCUT2D eigenvalue weighted by atomic mass is 16.5. The average Bonchev–Trinajstić information content (AvgIpc) is 3.57. The molecule has 0 fully saturated rings. The van der Waals surface area contributed by atoms with Gasteiger partial charge in [0.15, 0.2) is 17.5 Å². The molecular formula is C52H33N3O. The molecule has 2 aliphatic rings. The van der Waals surface area contributed by atoms with Gasteiger partial charge in [-0.25, -0.2) is 15.0 Å². The number of nitrogens with zero attached hydrogens (tertiary/aromatic N) is 3. The maximum atomic E-state index is 6.99. The van der Waals surface area contributed by atoms with Gasteiger partial charge < -0.3 is 4.74 Å². The van der Waals surface area contributed by atoms with Gasteiger partial charge >= 0.3 is 0 Å². The number of fused-ring (bicyclic) bond motifs is 9. The van der Waals surface area contributed by atoms with Gasteiger partial charge in [-0.1, -0.05) is 188 Å². The summed E-state index contributed by atoms with van der Waals surface area (Å²) in [5, 5.41) is 0. The van der Waals surface area contributed by atoms with Crippen LogP contribution in [0.15, 0.2) is 200 Å². The van der Waals surface area contributed by atoms with Crippen LogP contribution >= 0.6 is 0 Å². The summed E-state index contributed by atoms with van der Waals surface area (Å²) in [4.78, 5) is 15.4. The van der Waals surface area contributed by atoms with Crippen molar-refractivity contribution in [3.8, 4) is 79.0 Å². The van der Waals surface area contributed by atoms with Crippen LogP contribution in [0.25, 0.3) is 67.5 Å². The van der Waals surface area contributed by atoms with E-state index in [0.29, 0.717) is 17.5 Å². The topological polar surface area (TPSA) is 47.9 Å². The van der Waals surface area contributed by atoms with Gasteiger partial charge in [-0.2, -0.15) is 0 Å². The molecule has 11 rings (SSSR count). The summed E-state index contributed by atoms with van der Waals surface area (Å²) in [6.45, 7) is 0. The van der Waals surface area contributed by atoms with Gasteiger partial charge in [0.2, 0.25) is 0 Å². The number of para-hydroxylation sites is 2. The summed E-state index contributed by atoms with van der Waals surface area (Å²) >= 11 is 0. The molecule has 0 bridgehead atoms. The van der Waals surface area contributed by atoms with Gasteiger partial charge in [0.25, 0.3) is 0 Å². The molecule has 4 heteroatoms. The number of hydrogen-bond acceptors (Lipinski definition) is 4. The number of aromatic nitrogens is 3. The highest BCUT2D eigenvalue weighted by Crippen LogP contribution is 2.63. The highest BCUT2D eigenvalue weighted by Gasteiger charge is 2.51. The van der Waals surface area contributed by atoms with E-state index in [-0.39, 0.29) is 0 Å². The maximum Gasteiger partial charge on any atom is 0.164 e. The van der Waals surface area contributed by atoms with Gasteiger partial charge in [0.05, 0.1) is 5.41 Å². The number of benzene rings is 8. The minimum absolute atomic E-state index is 0.537. The third-order valence-electron chi connectivity index (χ3n) is 11.2. The molecule has 0 radical (unpaired) electrons. The molecule has 1 aromatic heterocycles. The maximum absolute atomic E-state index is 6.99. The van der Waals surface area contributed by atoms with Crippen molar-refractivity contribution in [3.05, 3.63) is 222 Å². The zero-order valence-corrected chi connectivity index (χ0v) is 30.3. The molecule has 2 heterocycles. The first kappa shape index (κ1) is 32.0. The third-order valence-corrected chi connectivity index (χ3v) is 11.2. The summed E-state index contributed by atoms with van der Waals surface area (Å²) in [6.07, 6.45) is 0. The minimum atomic E-state index is -0.537. The van der Waals surface area contributed by atoms with Crippen LogP contribution in [-0.4, -0.2) is 15.0 Å². The van der Waals surface area contributed by atoms with Crippen molar-refractivity contribution in [2.24, 2.45) is 0 Å². The van der Waals surface area contributed by atoms with E-state index in [1.807, 2.05) is 42.5 Å². The van der Waals surface area contributed by atoms with Gasteiger partial charge in [-0.15, -0.1) is 0 Å². The van der Waals surface area contributed by atoms with Crippen LogP contribution in [0, 0.1) is 0 Å². The summed E-state index contributed by atoms with van der Waals surface area (Å²) in [6, 6.07) is 70.1. The number of ether oxygens (including phenoxy) is 1. The van der Waals surface area contributed by atoms with E-state index in [4.69, 9.17) is 19.7 Å². The largest absolute Gasteiger partial charge is 0.456 e. The van der Waals surface area contributed by atoms with E-state index in [0.717, 1.165) is 61.6 Å². The number of hydrogen-bond donors (Lipinski definition) is 0. The van der Waals surface area contributed by atoms with E-state index in [9.17, 15) is 0 Å². The minimum Gasteiger partial charge on any atom is -0.456 e. The average molecular weight is 716 g/mol. The van der Waals surface area contributed by atoms with Gasteiger partial charge in [0, 0.05) is 33.4 Å². The van der Waals surface area contributed by atoms with Crippen molar-refractivity contribution in [1.82, 2.24) is 15.0 Å². The molecule has 262 valence electrons. The zero-order valence-electron chi connectivity index (χ0n) is 30.3. The fourth-order valence-electron chi connectivity index (χ4n) is 8.82. The molecule has 9 aromatic rings. The van der Waals surface area contributed by atoms with E-state index in [1.54, 1.807) is 0 Å². The lowest BCUT2D eigenvalue weighted by Gasteiger charge is -2.40. The van der Waals surface area contributed by atoms with E-state index < -0.39 is 5.41 Å². The molecule has 0 N–H and O–H groups in total. The molecule has 8 aromatic carbocycles. The molecular weight excluding hydrogens is 683 g/mol. The Kier molecular flexibility index (Phi) is 7.36. The quantitative estimate of drug-likeness (QED) is 0.178. The summed E-state index contributed by atoms with van der Waals surface area (Å²) < 4.78 is 6.99. The van der Waals surface area contributed by atoms with Crippen molar-refractivity contribution in [2.75, 3.05) is 0 Å². The number of rotatable bonds is 5. The van der Waals surface area contributed by atoms with Crippen LogP contribution in [0.3, 0.4) is 0 Å². The Morgan fingerprint density at radius 1 is 0.304 bits per heavy atom. The van der Waals surface area contributed by atoms with Crippen LogP contribution in [0.5, 0.6) is 11.5 Å². The normalized spacial score (nSPS) is 12.9. The summed E-state index contributed by atoms with van der Waals surface area (Å²) in [7, 11) is 0. The SMILES string of the molecule is c1ccc(-c2nc(-c3cccc(-c4cccc5c4Oc4ccccc4C54c5ccccc5-c5ccccc54)c3)nc(-c3ccccc3-c3ccccc3)n2)cc1. The van der Waals surface area contributed by atoms with Gasteiger partial charge in [-0.05, 0) is 51.1 Å². The molecule has 56 heavy (non-hydrogen) atoms. The fraction of sp³-hybridized carbons (Fsp3) is 0.0192. The van der Waals surface area contributed by atoms with Crippen LogP contribution in [0.4, 0.5) is 0 Å². The van der Waals surface area contributed by atoms with E-state index in [1.165, 1.54) is 22.3 Å². The van der Waals surface area contributed by atoms with Crippen molar-refractivity contribution < 1.29 is 4.74 Å². The Hall–Kier alpha value is -7.43. The summed E-state index contributed by atoms with van der Waals surface area (Å²) in [5.74, 6) is 3.56. The Balaban J connectivity index is 1.10. The van der Waals surface area contributed by atoms with Crippen LogP contribution < -0.4 is 4.74 Å². The lowest BCUT2D eigenvalue weighted by Crippen LogP contribution is -2.32. The van der Waals surface area contributed by atoms with E-state index in [2.05, 4.69) is 158 Å². The van der Waals surface area contributed by atoms with Crippen molar-refractivity contribution >= 4 is 0 Å². The first-order valence-corrected chi connectivity index (χ1v) is 18.9. The van der Waals surface area contributed by atoms with Crippen LogP contribution in [0.1, 0.15) is 22.3 Å². The first-order valence-electron chi connectivity index (χ1n) is 18.9. The molecule has 4 nitrogen and oxygen atoms in total. The predicted octanol–water partition coefficient (Wildman–Crippen LogP) is 12.7. The smallest absolute Gasteiger partial charge is 0.164 e. The molecule has 1 aliphatic carbocycles. The first-order chi connectivity index (χ1) is 27.8. The van der Waals surface area contributed by atoms with Gasteiger partial charge in [-0.3, -0.25) is 0 Å². The molecule has 1 aliphatic heterocycles. The second kappa shape index (κ2) is 12.9. The molecule has 1 spiro atoms. The lowest BCUT2D eigenvalue weighted by molar-refractivity contribution is 0.438. The van der Waals surface area contributed by atoms with Crippen molar-refractivity contribution in [2.45, 2.75) is 5.41 Å². The predicted molar refractivity (Wildman–Crippen MR) is 224 cm³/mol. The Bertz CT molecular complexity index is 2910. The second-order valence-electron chi connectivity index (χ2n) is 14.3. The molecule has 0 amide bonds. The highest BCUT2D eigenvalue weighted by molar-refractivity contribution is 5.91. The standard InChI is InChI=1S/C52H33N3O/c1-3-17-34(18-4-1)38-23-7-8-26-42(38)51-54-49(35-19-5-2-6-20-35)53-50(55-51)37-22-15-21-36(33-37)39-27-16-31-46-48(39)56-47-32-14-13-30-45(47)52(46)43-28-11-9-24-40(43)41-25-10-12-29-44(41)52/h1-33H. The molecule has 0 saturated carbocycles. The Labute approximate surface area is 325 Å². The van der Waals surface area contributed by atoms with E-state index >= 15 is 0 Å². The molecule has 0 saturated heterocycles. The third kappa shape index (κ3) is 4.89. The van der Waals surface area contributed by atoms with Crippen LogP contribution in [-0.2, 0) is 5.41 Å². The fourth-order valence-corrected chi connectivity index (χ4v) is 8.82. The monoisotopic (exact) mass is 715 g/mol. The van der Waals surface area contributed by atoms with Crippen molar-refractivity contribution in [1.29, 1.82) is 0 Å². The molecule has 0 unspecified atom stereocenters. The Morgan fingerprint density at radius 3 is 1.48 bits per heavy atom. The second-order valence-corrected chi connectivity index (χ2v) is 14.3. The lowest BCUT2D eigenvalue weighted by atomic mass is 9.65.